The maximum atomic E-state index is 13.7. The molecule has 0 radical (unpaired) electrons. The number of hydrogen-bond donors (Lipinski definition) is 2. The number of hydrogen-bond acceptors (Lipinski definition) is 13. The van der Waals surface area contributed by atoms with Crippen molar-refractivity contribution in [3.63, 3.8) is 0 Å². The molecule has 0 fully saturated rings. The van der Waals surface area contributed by atoms with Gasteiger partial charge in [-0.25, -0.2) is 19.2 Å². The average molecular weight is 900 g/mol. The summed E-state index contributed by atoms with van der Waals surface area (Å²) in [5.74, 6) is -3.04. The van der Waals surface area contributed by atoms with E-state index in [0.717, 1.165) is 78.9 Å². The van der Waals surface area contributed by atoms with Gasteiger partial charge in [0, 0.05) is 12.2 Å². The second-order valence-electron chi connectivity index (χ2n) is 15.2. The molecule has 14 heteroatoms. The van der Waals surface area contributed by atoms with Crippen LogP contribution in [0.3, 0.4) is 0 Å². The Bertz CT molecular complexity index is 2510. The van der Waals surface area contributed by atoms with Gasteiger partial charge in [0.25, 0.3) is 0 Å². The topological polar surface area (TPSA) is 178 Å². The Balaban J connectivity index is 1.12. The van der Waals surface area contributed by atoms with Gasteiger partial charge in [0.1, 0.15) is 17.2 Å². The number of rotatable bonds is 25. The predicted molar refractivity (Wildman–Crippen MR) is 248 cm³/mol. The van der Waals surface area contributed by atoms with E-state index >= 15 is 0 Å². The van der Waals surface area contributed by atoms with E-state index in [-0.39, 0.29) is 17.7 Å². The van der Waals surface area contributed by atoms with E-state index in [9.17, 15) is 29.4 Å². The Morgan fingerprint density at radius 3 is 1.33 bits per heavy atom. The van der Waals surface area contributed by atoms with Gasteiger partial charge in [0.05, 0.1) is 51.2 Å². The number of carbonyl (C=O) groups excluding carboxylic acids is 4. The van der Waals surface area contributed by atoms with Gasteiger partial charge in [-0.3, -0.25) is 4.57 Å². The van der Waals surface area contributed by atoms with Crippen LogP contribution in [0.2, 0.25) is 0 Å². The van der Waals surface area contributed by atoms with E-state index in [1.807, 2.05) is 24.3 Å². The van der Waals surface area contributed by atoms with Crippen molar-refractivity contribution in [2.45, 2.75) is 57.9 Å². The Morgan fingerprint density at radius 1 is 0.515 bits per heavy atom. The van der Waals surface area contributed by atoms with Crippen LogP contribution in [-0.4, -0.2) is 72.2 Å². The zero-order valence-electron chi connectivity index (χ0n) is 36.8. The van der Waals surface area contributed by atoms with E-state index in [2.05, 4.69) is 13.2 Å². The van der Waals surface area contributed by atoms with Crippen molar-refractivity contribution in [3.8, 4) is 40.5 Å². The van der Waals surface area contributed by atoms with E-state index in [1.54, 1.807) is 72.8 Å². The van der Waals surface area contributed by atoms with Crippen LogP contribution in [-0.2, 0) is 25.6 Å². The summed E-state index contributed by atoms with van der Waals surface area (Å²) in [7, 11) is 1.53. The van der Waals surface area contributed by atoms with E-state index in [4.69, 9.17) is 33.2 Å². The smallest absolute Gasteiger partial charge is 0.343 e. The molecule has 0 atom stereocenters. The third kappa shape index (κ3) is 13.2. The molecule has 5 aromatic carbocycles. The molecule has 66 heavy (non-hydrogen) atoms. The standard InChI is InChI=1S/C52H53NO13/c1-4-45(54)63-28-12-8-6-10-26-61-43-24-20-36-30-40(18-16-38(36)32-43)51(58)65-47-48(50(57)53(49(47)56)34-35-14-22-42(60-3)23-15-35)66-52(59)41-19-17-39-33-44(25-21-37(39)31-41)62-27-11-7-9-13-29-64-46(55)5-2/h4-5,14-25,30-33,56-57H,1-2,6-13,26-29,34H2,3H3. The lowest BCUT2D eigenvalue weighted by atomic mass is 10.1. The minimum absolute atomic E-state index is 0.0784. The summed E-state index contributed by atoms with van der Waals surface area (Å²) in [5, 5.41) is 26.0. The summed E-state index contributed by atoms with van der Waals surface area (Å²) < 4.78 is 39.7. The lowest BCUT2D eigenvalue weighted by Gasteiger charge is -2.10. The van der Waals surface area contributed by atoms with Crippen molar-refractivity contribution < 1.29 is 62.5 Å². The lowest BCUT2D eigenvalue weighted by molar-refractivity contribution is -0.138. The molecule has 0 aliphatic heterocycles. The Morgan fingerprint density at radius 2 is 0.909 bits per heavy atom. The Labute approximate surface area is 382 Å². The van der Waals surface area contributed by atoms with Crippen LogP contribution >= 0.6 is 0 Å². The molecule has 0 saturated carbocycles. The molecule has 344 valence electrons. The van der Waals surface area contributed by atoms with Gasteiger partial charge in [0.15, 0.2) is 0 Å². The molecule has 0 saturated heterocycles. The number of nitrogens with zero attached hydrogens (tertiary/aromatic N) is 1. The molecule has 0 unspecified atom stereocenters. The highest BCUT2D eigenvalue weighted by atomic mass is 16.6. The number of unbranched alkanes of at least 4 members (excludes halogenated alkanes) is 6. The molecular weight excluding hydrogens is 847 g/mol. The van der Waals surface area contributed by atoms with Crippen molar-refractivity contribution in [2.75, 3.05) is 33.5 Å². The highest BCUT2D eigenvalue weighted by Crippen LogP contribution is 2.48. The van der Waals surface area contributed by atoms with Crippen LogP contribution in [0.5, 0.6) is 40.5 Å². The molecule has 2 N–H and O–H groups in total. The largest absolute Gasteiger partial charge is 0.497 e. The number of esters is 4. The SMILES string of the molecule is C=CC(=O)OCCCCCCOc1ccc2cc(C(=O)Oc3c(OC(=O)c4ccc5cc(OCCCCCCOC(=O)C=C)ccc5c4)c(O)n(Cc4ccc(OC)cc4)c3O)ccc2c1. The van der Waals surface area contributed by atoms with E-state index in [1.165, 1.54) is 7.11 Å². The fourth-order valence-corrected chi connectivity index (χ4v) is 6.94. The molecule has 6 aromatic rings. The van der Waals surface area contributed by atoms with Gasteiger partial charge in [-0.2, -0.15) is 0 Å². The number of methoxy groups -OCH3 is 1. The third-order valence-electron chi connectivity index (χ3n) is 10.5. The Hall–Kier alpha value is -7.74. The quantitative estimate of drug-likeness (QED) is 0.0315. The fourth-order valence-electron chi connectivity index (χ4n) is 6.94. The summed E-state index contributed by atoms with van der Waals surface area (Å²) >= 11 is 0. The number of aromatic nitrogens is 1. The second-order valence-corrected chi connectivity index (χ2v) is 15.2. The maximum Gasteiger partial charge on any atom is 0.343 e. The highest BCUT2D eigenvalue weighted by Gasteiger charge is 2.31. The average Bonchev–Trinajstić information content (AvgIpc) is 3.55. The van der Waals surface area contributed by atoms with Crippen LogP contribution in [0.4, 0.5) is 0 Å². The van der Waals surface area contributed by atoms with Crippen LogP contribution in [0, 0.1) is 0 Å². The van der Waals surface area contributed by atoms with Crippen molar-refractivity contribution in [2.24, 2.45) is 0 Å². The first-order valence-electron chi connectivity index (χ1n) is 21.7. The molecule has 0 amide bonds. The molecule has 6 rings (SSSR count). The number of benzene rings is 5. The number of aromatic hydroxyl groups is 2. The Kier molecular flexibility index (Phi) is 17.2. The number of carbonyl (C=O) groups is 4. The van der Waals surface area contributed by atoms with Crippen LogP contribution in [0.15, 0.2) is 122 Å². The van der Waals surface area contributed by atoms with Crippen LogP contribution < -0.4 is 23.7 Å². The van der Waals surface area contributed by atoms with Gasteiger partial charge >= 0.3 is 23.9 Å². The summed E-state index contributed by atoms with van der Waals surface area (Å²) in [4.78, 5) is 49.8. The van der Waals surface area contributed by atoms with Crippen LogP contribution in [0.25, 0.3) is 21.5 Å². The number of fused-ring (bicyclic) bond motifs is 2. The van der Waals surface area contributed by atoms with E-state index in [0.29, 0.717) is 60.0 Å². The van der Waals surface area contributed by atoms with E-state index < -0.39 is 47.1 Å². The normalized spacial score (nSPS) is 10.9. The zero-order valence-corrected chi connectivity index (χ0v) is 36.8. The second kappa shape index (κ2) is 23.8. The summed E-state index contributed by atoms with van der Waals surface area (Å²) in [5.41, 5.74) is 0.918. The van der Waals surface area contributed by atoms with Gasteiger partial charge < -0.3 is 43.4 Å². The predicted octanol–water partition coefficient (Wildman–Crippen LogP) is 10.0. The van der Waals surface area contributed by atoms with Crippen LogP contribution in [0.1, 0.15) is 77.6 Å². The molecule has 0 spiro atoms. The molecule has 0 aliphatic rings. The lowest BCUT2D eigenvalue weighted by Crippen LogP contribution is -2.12. The molecule has 14 nitrogen and oxygen atoms in total. The van der Waals surface area contributed by atoms with Crippen molar-refractivity contribution in [1.82, 2.24) is 4.57 Å². The first-order chi connectivity index (χ1) is 32.1. The maximum absolute atomic E-state index is 13.7. The molecular formula is C52H53NO13. The van der Waals surface area contributed by atoms with Crippen molar-refractivity contribution >= 4 is 45.4 Å². The first kappa shape index (κ1) is 47.7. The minimum Gasteiger partial charge on any atom is -0.497 e. The van der Waals surface area contributed by atoms with Gasteiger partial charge in [-0.05, 0) is 139 Å². The molecule has 1 heterocycles. The monoisotopic (exact) mass is 899 g/mol. The van der Waals surface area contributed by atoms with Crippen molar-refractivity contribution in [1.29, 1.82) is 0 Å². The van der Waals surface area contributed by atoms with Gasteiger partial charge in [-0.1, -0.05) is 49.6 Å². The summed E-state index contributed by atoms with van der Waals surface area (Å²) in [6, 6.07) is 27.7. The van der Waals surface area contributed by atoms with Gasteiger partial charge in [0.2, 0.25) is 23.3 Å². The molecule has 1 aromatic heterocycles. The van der Waals surface area contributed by atoms with Gasteiger partial charge in [-0.15, -0.1) is 0 Å². The molecule has 0 bridgehead atoms. The minimum atomic E-state index is -0.874. The molecule has 0 aliphatic carbocycles. The summed E-state index contributed by atoms with van der Waals surface area (Å²) in [6.07, 6.45) is 9.07. The first-order valence-corrected chi connectivity index (χ1v) is 21.7. The zero-order chi connectivity index (χ0) is 46.8. The number of ether oxygens (including phenoxy) is 7. The summed E-state index contributed by atoms with van der Waals surface area (Å²) in [6.45, 7) is 8.41. The van der Waals surface area contributed by atoms with Crippen molar-refractivity contribution in [3.05, 3.63) is 139 Å². The fraction of sp³-hybridized carbons (Fsp3) is 0.269. The third-order valence-corrected chi connectivity index (χ3v) is 10.5. The highest BCUT2D eigenvalue weighted by molar-refractivity contribution is 5.99.